The van der Waals surface area contributed by atoms with Crippen LogP contribution in [0.15, 0.2) is 24.3 Å². The molecule has 0 bridgehead atoms. The molecule has 4 heteroatoms. The summed E-state index contributed by atoms with van der Waals surface area (Å²) in [5, 5.41) is 0. The molecule has 0 heterocycles. The van der Waals surface area contributed by atoms with Crippen LogP contribution in [0.5, 0.6) is 0 Å². The van der Waals surface area contributed by atoms with E-state index in [1.54, 1.807) is 0 Å². The molecule has 0 aromatic heterocycles. The van der Waals surface area contributed by atoms with E-state index in [1.807, 2.05) is 0 Å². The Labute approximate surface area is 80.9 Å². The van der Waals surface area contributed by atoms with E-state index < -0.39 is 17.8 Å². The van der Waals surface area contributed by atoms with Crippen LogP contribution in [0.4, 0.5) is 4.39 Å². The number of ether oxygens (including phenoxy) is 1. The molecule has 1 aromatic rings. The fourth-order valence-electron chi connectivity index (χ4n) is 1.05. The smallest absolute Gasteiger partial charge is 0.395 e. The van der Waals surface area contributed by atoms with Gasteiger partial charge in [-0.15, -0.1) is 0 Å². The van der Waals surface area contributed by atoms with E-state index in [0.717, 1.165) is 6.07 Å². The Morgan fingerprint density at radius 2 is 2.36 bits per heavy atom. The molecule has 0 aliphatic rings. The molecule has 0 spiro atoms. The lowest BCUT2D eigenvalue weighted by atomic mass is 10.1. The zero-order chi connectivity index (χ0) is 10.6. The van der Waals surface area contributed by atoms with Gasteiger partial charge in [0, 0.05) is 5.56 Å². The summed E-state index contributed by atoms with van der Waals surface area (Å²) in [6.07, 6.45) is 0. The summed E-state index contributed by atoms with van der Waals surface area (Å²) in [5.74, 6) is -1.15. The predicted molar refractivity (Wildman–Crippen MR) is 47.8 cm³/mol. The minimum absolute atomic E-state index is 0.312. The zero-order valence-corrected chi connectivity index (χ0v) is 7.53. The van der Waals surface area contributed by atoms with E-state index in [-0.39, 0.29) is 0 Å². The molecule has 0 aliphatic heterocycles. The lowest BCUT2D eigenvalue weighted by molar-refractivity contribution is -0.141. The van der Waals surface area contributed by atoms with Crippen molar-refractivity contribution in [1.82, 2.24) is 0 Å². The fourth-order valence-corrected chi connectivity index (χ4v) is 1.05. The van der Waals surface area contributed by atoms with Crippen molar-refractivity contribution in [2.75, 3.05) is 7.11 Å². The van der Waals surface area contributed by atoms with Gasteiger partial charge in [-0.2, -0.15) is 0 Å². The number of halogens is 1. The Hall–Kier alpha value is -1.89. The van der Waals surface area contributed by atoms with Crippen LogP contribution in [0.25, 0.3) is 4.85 Å². The lowest BCUT2D eigenvalue weighted by Gasteiger charge is -2.02. The average Bonchev–Trinajstić information content (AvgIpc) is 2.19. The third-order valence-corrected chi connectivity index (χ3v) is 1.72. The molecule has 0 fully saturated rings. The van der Waals surface area contributed by atoms with Gasteiger partial charge < -0.3 is 4.74 Å². The number of hydrogen-bond acceptors (Lipinski definition) is 2. The van der Waals surface area contributed by atoms with Crippen LogP contribution in [0.3, 0.4) is 0 Å². The quantitative estimate of drug-likeness (QED) is 0.531. The maximum atomic E-state index is 12.8. The molecule has 1 atom stereocenters. The van der Waals surface area contributed by atoms with Crippen molar-refractivity contribution in [3.63, 3.8) is 0 Å². The lowest BCUT2D eigenvalue weighted by Crippen LogP contribution is -2.10. The van der Waals surface area contributed by atoms with Crippen LogP contribution in [-0.2, 0) is 9.53 Å². The van der Waals surface area contributed by atoms with Crippen LogP contribution in [0, 0.1) is 12.4 Å². The normalized spacial score (nSPS) is 11.5. The molecule has 0 N–H and O–H groups in total. The van der Waals surface area contributed by atoms with Crippen molar-refractivity contribution < 1.29 is 13.9 Å². The average molecular weight is 193 g/mol. The number of hydrogen-bond donors (Lipinski definition) is 0. The van der Waals surface area contributed by atoms with E-state index in [4.69, 9.17) is 6.57 Å². The minimum Gasteiger partial charge on any atom is -0.463 e. The van der Waals surface area contributed by atoms with Crippen molar-refractivity contribution in [3.8, 4) is 0 Å². The van der Waals surface area contributed by atoms with Gasteiger partial charge in [0.25, 0.3) is 0 Å². The highest BCUT2D eigenvalue weighted by Gasteiger charge is 2.26. The minimum atomic E-state index is -1.07. The highest BCUT2D eigenvalue weighted by Crippen LogP contribution is 2.19. The van der Waals surface area contributed by atoms with Crippen LogP contribution in [0.1, 0.15) is 11.6 Å². The first-order valence-electron chi connectivity index (χ1n) is 3.89. The largest absolute Gasteiger partial charge is 0.463 e. The maximum Gasteiger partial charge on any atom is 0.395 e. The molecule has 0 saturated heterocycles. The van der Waals surface area contributed by atoms with Gasteiger partial charge in [0.2, 0.25) is 0 Å². The van der Waals surface area contributed by atoms with Crippen molar-refractivity contribution >= 4 is 5.97 Å². The number of rotatable bonds is 2. The van der Waals surface area contributed by atoms with Crippen LogP contribution < -0.4 is 0 Å². The van der Waals surface area contributed by atoms with Gasteiger partial charge in [-0.1, -0.05) is 12.1 Å². The summed E-state index contributed by atoms with van der Waals surface area (Å²) in [6.45, 7) is 6.80. The molecule has 3 nitrogen and oxygen atoms in total. The molecule has 0 aliphatic carbocycles. The van der Waals surface area contributed by atoms with E-state index in [0.29, 0.717) is 5.56 Å². The van der Waals surface area contributed by atoms with E-state index >= 15 is 0 Å². The second-order valence-corrected chi connectivity index (χ2v) is 2.61. The SMILES string of the molecule is [C-]#[N+]C(C(=O)OC)c1cccc(F)c1. The summed E-state index contributed by atoms with van der Waals surface area (Å²) in [7, 11) is 1.19. The Kier molecular flexibility index (Phi) is 3.19. The zero-order valence-electron chi connectivity index (χ0n) is 7.53. The summed E-state index contributed by atoms with van der Waals surface area (Å²) in [6, 6.07) is 4.30. The first-order valence-corrected chi connectivity index (χ1v) is 3.89. The first-order chi connectivity index (χ1) is 6.69. The number of carbonyl (C=O) groups is 1. The fraction of sp³-hybridized carbons (Fsp3) is 0.200. The highest BCUT2D eigenvalue weighted by molar-refractivity contribution is 5.79. The van der Waals surface area contributed by atoms with Gasteiger partial charge in [0.15, 0.2) is 0 Å². The monoisotopic (exact) mass is 193 g/mol. The second-order valence-electron chi connectivity index (χ2n) is 2.61. The number of benzene rings is 1. The summed E-state index contributed by atoms with van der Waals surface area (Å²) >= 11 is 0. The van der Waals surface area contributed by atoms with Crippen molar-refractivity contribution in [1.29, 1.82) is 0 Å². The highest BCUT2D eigenvalue weighted by atomic mass is 19.1. The number of methoxy groups -OCH3 is 1. The molecule has 0 amide bonds. The van der Waals surface area contributed by atoms with Crippen molar-refractivity contribution in [3.05, 3.63) is 47.1 Å². The van der Waals surface area contributed by atoms with E-state index in [9.17, 15) is 9.18 Å². The van der Waals surface area contributed by atoms with Gasteiger partial charge in [0.1, 0.15) is 5.82 Å². The number of carbonyl (C=O) groups excluding carboxylic acids is 1. The Morgan fingerprint density at radius 3 is 2.86 bits per heavy atom. The molecule has 0 radical (unpaired) electrons. The number of nitrogens with zero attached hydrogens (tertiary/aromatic N) is 1. The van der Waals surface area contributed by atoms with Crippen molar-refractivity contribution in [2.24, 2.45) is 0 Å². The summed E-state index contributed by atoms with van der Waals surface area (Å²) in [4.78, 5) is 14.2. The Balaban J connectivity index is 3.02. The molecule has 14 heavy (non-hydrogen) atoms. The third-order valence-electron chi connectivity index (χ3n) is 1.72. The molecular formula is C10H8FNO2. The van der Waals surface area contributed by atoms with E-state index in [2.05, 4.69) is 9.58 Å². The molecular weight excluding hydrogens is 185 g/mol. The molecule has 1 rings (SSSR count). The van der Waals surface area contributed by atoms with Crippen molar-refractivity contribution in [2.45, 2.75) is 6.04 Å². The number of esters is 1. The van der Waals surface area contributed by atoms with Gasteiger partial charge in [-0.25, -0.2) is 15.8 Å². The Morgan fingerprint density at radius 1 is 1.64 bits per heavy atom. The summed E-state index contributed by atoms with van der Waals surface area (Å²) in [5.41, 5.74) is 0.312. The standard InChI is InChI=1S/C10H8FNO2/c1-12-9(10(13)14-2)7-4-3-5-8(11)6-7/h3-6,9H,2H3. The van der Waals surface area contributed by atoms with Gasteiger partial charge in [0.05, 0.1) is 7.11 Å². The van der Waals surface area contributed by atoms with Gasteiger partial charge >= 0.3 is 12.0 Å². The Bertz CT molecular complexity index is 384. The summed E-state index contributed by atoms with van der Waals surface area (Å²) < 4.78 is 17.2. The predicted octanol–water partition coefficient (Wildman–Crippen LogP) is 1.96. The second kappa shape index (κ2) is 4.38. The molecule has 1 unspecified atom stereocenters. The van der Waals surface area contributed by atoms with Crippen LogP contribution >= 0.6 is 0 Å². The first kappa shape index (κ1) is 10.2. The molecule has 72 valence electrons. The van der Waals surface area contributed by atoms with Gasteiger partial charge in [-0.3, -0.25) is 4.85 Å². The van der Waals surface area contributed by atoms with Crippen LogP contribution in [-0.4, -0.2) is 13.1 Å². The van der Waals surface area contributed by atoms with Crippen LogP contribution in [0.2, 0.25) is 0 Å². The van der Waals surface area contributed by atoms with Gasteiger partial charge in [-0.05, 0) is 12.1 Å². The van der Waals surface area contributed by atoms with E-state index in [1.165, 1.54) is 25.3 Å². The molecule has 1 aromatic carbocycles. The topological polar surface area (TPSA) is 30.7 Å². The maximum absolute atomic E-state index is 12.8. The molecule has 0 saturated carbocycles. The third kappa shape index (κ3) is 2.07.